The highest BCUT2D eigenvalue weighted by Gasteiger charge is 2.45. The monoisotopic (exact) mass is 452 g/mol. The molecule has 8 nitrogen and oxygen atoms in total. The molecule has 2 saturated heterocycles. The first-order valence-corrected chi connectivity index (χ1v) is 8.83. The highest BCUT2D eigenvalue weighted by molar-refractivity contribution is 6.22. The second kappa shape index (κ2) is 9.37. The first kappa shape index (κ1) is 24.2. The normalized spacial score (nSPS) is 24.5. The number of carboxylic acids is 2. The number of aliphatic carboxylic acids is 1. The van der Waals surface area contributed by atoms with Crippen LogP contribution in [0.4, 0.5) is 27.6 Å². The highest BCUT2D eigenvalue weighted by atomic mass is 19.4. The maximum Gasteiger partial charge on any atom is 0.490 e. The fourth-order valence-electron chi connectivity index (χ4n) is 3.19. The van der Waals surface area contributed by atoms with Crippen molar-refractivity contribution in [2.75, 3.05) is 18.0 Å². The van der Waals surface area contributed by atoms with Crippen LogP contribution in [0.15, 0.2) is 24.3 Å². The van der Waals surface area contributed by atoms with Crippen molar-refractivity contribution in [2.45, 2.75) is 37.4 Å². The predicted octanol–water partition coefficient (Wildman–Crippen LogP) is 2.03. The molecule has 2 fully saturated rings. The van der Waals surface area contributed by atoms with E-state index >= 15 is 0 Å². The summed E-state index contributed by atoms with van der Waals surface area (Å²) in [6.45, 7) is -0.147. The second-order valence-electron chi connectivity index (χ2n) is 6.83. The molecular weight excluding hydrogens is 435 g/mol. The van der Waals surface area contributed by atoms with Crippen LogP contribution in [0.5, 0.6) is 0 Å². The largest absolute Gasteiger partial charge is 0.490 e. The summed E-state index contributed by atoms with van der Waals surface area (Å²) in [4.78, 5) is 46.8. The minimum absolute atomic E-state index is 0.0333. The van der Waals surface area contributed by atoms with Crippen LogP contribution in [-0.2, 0) is 14.4 Å². The molecule has 0 bridgehead atoms. The number of piperidine rings is 1. The van der Waals surface area contributed by atoms with Crippen molar-refractivity contribution in [3.8, 4) is 0 Å². The number of alkyl halides is 5. The van der Waals surface area contributed by atoms with Crippen LogP contribution >= 0.6 is 0 Å². The third-order valence-corrected chi connectivity index (χ3v) is 4.56. The molecule has 3 rings (SSSR count). The summed E-state index contributed by atoms with van der Waals surface area (Å²) in [7, 11) is 0. The lowest BCUT2D eigenvalue weighted by Gasteiger charge is -2.34. The van der Waals surface area contributed by atoms with Crippen molar-refractivity contribution in [1.82, 2.24) is 4.90 Å². The van der Waals surface area contributed by atoms with Gasteiger partial charge in [-0.05, 0) is 24.3 Å². The van der Waals surface area contributed by atoms with Crippen molar-refractivity contribution in [3.63, 3.8) is 0 Å². The van der Waals surface area contributed by atoms with Gasteiger partial charge in [-0.15, -0.1) is 0 Å². The minimum Gasteiger partial charge on any atom is -0.478 e. The smallest absolute Gasteiger partial charge is 0.478 e. The zero-order valence-corrected chi connectivity index (χ0v) is 15.7. The molecule has 1 aromatic rings. The topological polar surface area (TPSA) is 115 Å². The van der Waals surface area contributed by atoms with E-state index < -0.39 is 48.3 Å². The van der Waals surface area contributed by atoms with E-state index in [1.165, 1.54) is 29.2 Å². The lowest BCUT2D eigenvalue weighted by molar-refractivity contribution is -0.192. The SMILES string of the molecule is O=C(O)C(F)(F)F.O=C(O)c1ccc(N2C(=O)CC(N3C[C@H](F)C[C@H](F)C3)C2=O)cc1. The van der Waals surface area contributed by atoms with Crippen molar-refractivity contribution in [3.05, 3.63) is 29.8 Å². The van der Waals surface area contributed by atoms with Crippen molar-refractivity contribution in [2.24, 2.45) is 0 Å². The molecular formula is C18H17F5N2O6. The summed E-state index contributed by atoms with van der Waals surface area (Å²) < 4.78 is 58.8. The van der Waals surface area contributed by atoms with Gasteiger partial charge in [-0.25, -0.2) is 23.3 Å². The maximum absolute atomic E-state index is 13.6. The lowest BCUT2D eigenvalue weighted by Crippen LogP contribution is -2.50. The Morgan fingerprint density at radius 2 is 1.45 bits per heavy atom. The molecule has 0 spiro atoms. The summed E-state index contributed by atoms with van der Waals surface area (Å²) in [5.41, 5.74) is 0.286. The average Bonchev–Trinajstić information content (AvgIpc) is 2.95. The van der Waals surface area contributed by atoms with Gasteiger partial charge in [0.1, 0.15) is 12.3 Å². The molecule has 170 valence electrons. The van der Waals surface area contributed by atoms with Crippen molar-refractivity contribution in [1.29, 1.82) is 0 Å². The van der Waals surface area contributed by atoms with E-state index in [1.807, 2.05) is 0 Å². The fraction of sp³-hybridized carbons (Fsp3) is 0.444. The van der Waals surface area contributed by atoms with Crippen LogP contribution in [0.2, 0.25) is 0 Å². The third kappa shape index (κ3) is 5.96. The number of amides is 2. The van der Waals surface area contributed by atoms with Gasteiger partial charge in [0.05, 0.1) is 23.7 Å². The minimum atomic E-state index is -5.08. The van der Waals surface area contributed by atoms with E-state index in [2.05, 4.69) is 0 Å². The summed E-state index contributed by atoms with van der Waals surface area (Å²) in [5, 5.41) is 16.0. The number of aromatic carboxylic acids is 1. The average molecular weight is 452 g/mol. The first-order valence-electron chi connectivity index (χ1n) is 8.83. The zero-order valence-electron chi connectivity index (χ0n) is 15.7. The van der Waals surface area contributed by atoms with Crippen LogP contribution in [0.1, 0.15) is 23.2 Å². The summed E-state index contributed by atoms with van der Waals surface area (Å²) >= 11 is 0. The second-order valence-corrected chi connectivity index (χ2v) is 6.83. The van der Waals surface area contributed by atoms with Gasteiger partial charge in [0.15, 0.2) is 0 Å². The Labute approximate surface area is 171 Å². The molecule has 2 heterocycles. The molecule has 2 amide bonds. The molecule has 0 saturated carbocycles. The van der Waals surface area contributed by atoms with Crippen molar-refractivity contribution >= 4 is 29.4 Å². The number of hydrogen-bond donors (Lipinski definition) is 2. The molecule has 2 aliphatic rings. The predicted molar refractivity (Wildman–Crippen MR) is 94.0 cm³/mol. The number of nitrogens with zero attached hydrogens (tertiary/aromatic N) is 2. The molecule has 0 aliphatic carbocycles. The first-order chi connectivity index (χ1) is 14.3. The Bertz CT molecular complexity index is 850. The Balaban J connectivity index is 0.000000423. The van der Waals surface area contributed by atoms with Crippen LogP contribution in [0.3, 0.4) is 0 Å². The number of carbonyl (C=O) groups is 4. The third-order valence-electron chi connectivity index (χ3n) is 4.56. The van der Waals surface area contributed by atoms with E-state index in [1.54, 1.807) is 0 Å². The summed E-state index contributed by atoms with van der Waals surface area (Å²) in [6.07, 6.45) is -8.13. The zero-order chi connectivity index (χ0) is 23.5. The fourth-order valence-corrected chi connectivity index (χ4v) is 3.19. The maximum atomic E-state index is 13.6. The van der Waals surface area contributed by atoms with Gasteiger partial charge in [-0.3, -0.25) is 14.5 Å². The molecule has 0 radical (unpaired) electrons. The van der Waals surface area contributed by atoms with E-state index in [-0.39, 0.29) is 37.2 Å². The number of likely N-dealkylation sites (tertiary alicyclic amines) is 1. The molecule has 1 aromatic carbocycles. The number of anilines is 1. The molecule has 2 aliphatic heterocycles. The number of rotatable bonds is 3. The van der Waals surface area contributed by atoms with Gasteiger partial charge in [-0.1, -0.05) is 0 Å². The highest BCUT2D eigenvalue weighted by Crippen LogP contribution is 2.28. The number of imide groups is 1. The van der Waals surface area contributed by atoms with E-state index in [9.17, 15) is 36.3 Å². The Hall–Kier alpha value is -3.09. The van der Waals surface area contributed by atoms with Crippen LogP contribution in [-0.4, -0.2) is 76.5 Å². The van der Waals surface area contributed by atoms with Crippen LogP contribution in [0, 0.1) is 0 Å². The van der Waals surface area contributed by atoms with E-state index in [0.29, 0.717) is 0 Å². The number of carboxylic acid groups (broad SMARTS) is 2. The summed E-state index contributed by atoms with van der Waals surface area (Å²) in [6, 6.07) is 4.44. The van der Waals surface area contributed by atoms with Crippen molar-refractivity contribution < 1.29 is 51.3 Å². The Morgan fingerprint density at radius 1 is 0.968 bits per heavy atom. The number of benzene rings is 1. The van der Waals surface area contributed by atoms with Gasteiger partial charge in [0.25, 0.3) is 5.91 Å². The standard InChI is InChI=1S/C16H16F2N2O4.C2HF3O2/c17-10-5-11(18)8-19(7-10)13-6-14(21)20(15(13)22)12-3-1-9(2-4-12)16(23)24;3-2(4,5)1(6)7/h1-4,10-11,13H,5-8H2,(H,23,24);(H,6,7)/t10-,11+,13?;. The van der Waals surface area contributed by atoms with E-state index in [0.717, 1.165) is 4.90 Å². The molecule has 0 aromatic heterocycles. The molecule has 13 heteroatoms. The number of halogens is 5. The number of hydrogen-bond acceptors (Lipinski definition) is 5. The molecule has 31 heavy (non-hydrogen) atoms. The van der Waals surface area contributed by atoms with Gasteiger partial charge < -0.3 is 10.2 Å². The van der Waals surface area contributed by atoms with Gasteiger partial charge in [0.2, 0.25) is 5.91 Å². The Kier molecular flexibility index (Phi) is 7.31. The van der Waals surface area contributed by atoms with Gasteiger partial charge >= 0.3 is 18.1 Å². The van der Waals surface area contributed by atoms with Gasteiger partial charge in [0, 0.05) is 19.5 Å². The van der Waals surface area contributed by atoms with Crippen LogP contribution in [0.25, 0.3) is 0 Å². The quantitative estimate of drug-likeness (QED) is 0.533. The van der Waals surface area contributed by atoms with Gasteiger partial charge in [-0.2, -0.15) is 13.2 Å². The molecule has 1 unspecified atom stereocenters. The summed E-state index contributed by atoms with van der Waals surface area (Å²) in [5.74, 6) is -4.88. The van der Waals surface area contributed by atoms with E-state index in [4.69, 9.17) is 15.0 Å². The Morgan fingerprint density at radius 3 is 1.87 bits per heavy atom. The van der Waals surface area contributed by atoms with Crippen LogP contribution < -0.4 is 4.90 Å². The molecule has 2 N–H and O–H groups in total. The molecule has 3 atom stereocenters. The number of carbonyl (C=O) groups excluding carboxylic acids is 2. The lowest BCUT2D eigenvalue weighted by atomic mass is 10.0.